The Morgan fingerprint density at radius 2 is 2.00 bits per heavy atom. The van der Waals surface area contributed by atoms with Crippen LogP contribution in [0.4, 0.5) is 0 Å². The van der Waals surface area contributed by atoms with Gasteiger partial charge < -0.3 is 4.43 Å². The molecule has 0 aliphatic rings. The van der Waals surface area contributed by atoms with Gasteiger partial charge in [-0.25, -0.2) is 0 Å². The van der Waals surface area contributed by atoms with Crippen molar-refractivity contribution < 1.29 is 4.43 Å². The van der Waals surface area contributed by atoms with Crippen molar-refractivity contribution in [2.24, 2.45) is 0 Å². The molecule has 4 heteroatoms. The molecule has 17 heavy (non-hydrogen) atoms. The van der Waals surface area contributed by atoms with E-state index in [0.29, 0.717) is 0 Å². The smallest absolute Gasteiger partial charge is 0.186 e. The predicted octanol–water partition coefficient (Wildman–Crippen LogP) is 4.32. The number of nitriles is 1. The first-order valence-corrected chi connectivity index (χ1v) is 9.83. The quantitative estimate of drug-likeness (QED) is 0.771. The van der Waals surface area contributed by atoms with Crippen molar-refractivity contribution in [2.75, 3.05) is 0 Å². The summed E-state index contributed by atoms with van der Waals surface area (Å²) in [6.45, 7) is 6.31. The van der Waals surface area contributed by atoms with Gasteiger partial charge in [-0.05, 0) is 36.5 Å². The lowest BCUT2D eigenvalue weighted by Gasteiger charge is -2.21. The lowest BCUT2D eigenvalue weighted by atomic mass is 10.1. The Morgan fingerprint density at radius 3 is 2.65 bits per heavy atom. The van der Waals surface area contributed by atoms with Gasteiger partial charge in [0.15, 0.2) is 14.4 Å². The predicted molar refractivity (Wildman–Crippen MR) is 74.6 cm³/mol. The Kier molecular flexibility index (Phi) is 3.34. The number of benzene rings is 1. The average Bonchev–Trinajstić information content (AvgIpc) is 2.68. The zero-order valence-electron chi connectivity index (χ0n) is 10.2. The van der Waals surface area contributed by atoms with E-state index in [9.17, 15) is 5.26 Å². The third-order valence-corrected chi connectivity index (χ3v) is 4.31. The van der Waals surface area contributed by atoms with Crippen LogP contribution in [0.1, 0.15) is 11.7 Å². The second-order valence-electron chi connectivity index (χ2n) is 4.93. The van der Waals surface area contributed by atoms with Crippen molar-refractivity contribution in [3.05, 3.63) is 35.2 Å². The maximum atomic E-state index is 9.27. The Morgan fingerprint density at radius 1 is 1.29 bits per heavy atom. The van der Waals surface area contributed by atoms with Gasteiger partial charge in [-0.2, -0.15) is 5.26 Å². The number of rotatable bonds is 3. The molecule has 1 aromatic heterocycles. The molecule has 0 aliphatic heterocycles. The maximum Gasteiger partial charge on any atom is 0.186 e. The van der Waals surface area contributed by atoms with Crippen LogP contribution < -0.4 is 0 Å². The molecule has 0 fully saturated rings. The van der Waals surface area contributed by atoms with E-state index in [1.165, 1.54) is 4.70 Å². The molecule has 0 bridgehead atoms. The van der Waals surface area contributed by atoms with Gasteiger partial charge >= 0.3 is 0 Å². The first-order chi connectivity index (χ1) is 8.01. The first-order valence-electron chi connectivity index (χ1n) is 5.55. The van der Waals surface area contributed by atoms with E-state index in [4.69, 9.17) is 4.43 Å². The highest BCUT2D eigenvalue weighted by Crippen LogP contribution is 2.33. The Bertz CT molecular complexity index is 565. The fourth-order valence-electron chi connectivity index (χ4n) is 1.71. The van der Waals surface area contributed by atoms with E-state index in [-0.39, 0.29) is 0 Å². The highest BCUT2D eigenvalue weighted by molar-refractivity contribution is 7.17. The summed E-state index contributed by atoms with van der Waals surface area (Å²) in [5, 5.41) is 12.5. The second kappa shape index (κ2) is 4.61. The van der Waals surface area contributed by atoms with Crippen molar-refractivity contribution in [1.82, 2.24) is 0 Å². The normalized spacial score (nSPS) is 13.5. The third-order valence-electron chi connectivity index (χ3n) is 2.38. The minimum atomic E-state index is -1.70. The molecule has 2 rings (SSSR count). The van der Waals surface area contributed by atoms with Gasteiger partial charge in [0.2, 0.25) is 0 Å². The summed E-state index contributed by atoms with van der Waals surface area (Å²) >= 11 is 1.67. The van der Waals surface area contributed by atoms with Gasteiger partial charge in [-0.1, -0.05) is 18.2 Å². The van der Waals surface area contributed by atoms with Gasteiger partial charge in [0.25, 0.3) is 0 Å². The number of fused-ring (bicyclic) bond motifs is 1. The van der Waals surface area contributed by atoms with Crippen molar-refractivity contribution in [1.29, 1.82) is 5.26 Å². The fourth-order valence-corrected chi connectivity index (χ4v) is 3.58. The highest BCUT2D eigenvalue weighted by atomic mass is 32.1. The van der Waals surface area contributed by atoms with Crippen LogP contribution in [-0.4, -0.2) is 8.32 Å². The van der Waals surface area contributed by atoms with E-state index >= 15 is 0 Å². The fraction of sp³-hybridized carbons (Fsp3) is 0.308. The molecule has 0 N–H and O–H groups in total. The summed E-state index contributed by atoms with van der Waals surface area (Å²) in [7, 11) is -1.70. The molecule has 0 aliphatic carbocycles. The molecular formula is C13H15NOSSi. The van der Waals surface area contributed by atoms with E-state index < -0.39 is 14.4 Å². The lowest BCUT2D eigenvalue weighted by molar-refractivity contribution is 0.257. The third kappa shape index (κ3) is 2.75. The monoisotopic (exact) mass is 261 g/mol. The van der Waals surface area contributed by atoms with E-state index in [1.54, 1.807) is 11.3 Å². The van der Waals surface area contributed by atoms with Gasteiger partial charge in [0, 0.05) is 10.3 Å². The van der Waals surface area contributed by atoms with Crippen LogP contribution >= 0.6 is 11.3 Å². The summed E-state index contributed by atoms with van der Waals surface area (Å²) in [4.78, 5) is 0. The molecule has 0 radical (unpaired) electrons. The summed E-state index contributed by atoms with van der Waals surface area (Å²) in [6, 6.07) is 10.4. The van der Waals surface area contributed by atoms with Crippen molar-refractivity contribution in [3.8, 4) is 6.07 Å². The van der Waals surface area contributed by atoms with Gasteiger partial charge in [-0.3, -0.25) is 0 Å². The zero-order chi connectivity index (χ0) is 12.5. The SMILES string of the molecule is C[Si](C)(C)OC(C#N)c1csc2ccccc12. The van der Waals surface area contributed by atoms with Crippen molar-refractivity contribution >= 4 is 29.7 Å². The number of nitrogens with zero attached hydrogens (tertiary/aromatic N) is 1. The summed E-state index contributed by atoms with van der Waals surface area (Å²) in [5.74, 6) is 0. The molecule has 1 atom stereocenters. The molecule has 0 saturated carbocycles. The first kappa shape index (κ1) is 12.3. The molecule has 0 spiro atoms. The standard InChI is InChI=1S/C13H15NOSSi/c1-17(2,3)15-12(8-14)11-9-16-13-7-5-4-6-10(11)13/h4-7,9,12H,1-3H3. The maximum absolute atomic E-state index is 9.27. The average molecular weight is 261 g/mol. The Labute approximate surface area is 107 Å². The molecule has 2 nitrogen and oxygen atoms in total. The minimum absolute atomic E-state index is 0.433. The lowest BCUT2D eigenvalue weighted by Crippen LogP contribution is -2.27. The van der Waals surface area contributed by atoms with Crippen LogP contribution in [0.2, 0.25) is 19.6 Å². The minimum Gasteiger partial charge on any atom is -0.399 e. The van der Waals surface area contributed by atoms with Gasteiger partial charge in [0.05, 0.1) is 6.07 Å². The zero-order valence-corrected chi connectivity index (χ0v) is 12.0. The van der Waals surface area contributed by atoms with Crippen LogP contribution in [0.25, 0.3) is 10.1 Å². The van der Waals surface area contributed by atoms with Crippen LogP contribution in [-0.2, 0) is 4.43 Å². The van der Waals surface area contributed by atoms with Crippen LogP contribution in [0.5, 0.6) is 0 Å². The van der Waals surface area contributed by atoms with Crippen LogP contribution in [0.15, 0.2) is 29.6 Å². The highest BCUT2D eigenvalue weighted by Gasteiger charge is 2.24. The number of thiophene rings is 1. The molecule has 1 heterocycles. The Balaban J connectivity index is 2.41. The topological polar surface area (TPSA) is 33.0 Å². The van der Waals surface area contributed by atoms with E-state index in [0.717, 1.165) is 10.9 Å². The molecule has 1 unspecified atom stereocenters. The van der Waals surface area contributed by atoms with Crippen LogP contribution in [0, 0.1) is 11.3 Å². The summed E-state index contributed by atoms with van der Waals surface area (Å²) < 4.78 is 7.13. The number of hydrogen-bond donors (Lipinski definition) is 0. The molecular weight excluding hydrogens is 246 g/mol. The molecule has 2 aromatic rings. The van der Waals surface area contributed by atoms with Crippen molar-refractivity contribution in [2.45, 2.75) is 25.7 Å². The van der Waals surface area contributed by atoms with Gasteiger partial charge in [0.1, 0.15) is 0 Å². The van der Waals surface area contributed by atoms with Gasteiger partial charge in [-0.15, -0.1) is 11.3 Å². The van der Waals surface area contributed by atoms with Crippen LogP contribution in [0.3, 0.4) is 0 Å². The largest absolute Gasteiger partial charge is 0.399 e. The summed E-state index contributed by atoms with van der Waals surface area (Å²) in [5.41, 5.74) is 1.01. The summed E-state index contributed by atoms with van der Waals surface area (Å²) in [6.07, 6.45) is -0.433. The molecule has 0 saturated heterocycles. The molecule has 1 aromatic carbocycles. The molecule has 88 valence electrons. The van der Waals surface area contributed by atoms with Crippen molar-refractivity contribution in [3.63, 3.8) is 0 Å². The molecule has 0 amide bonds. The Hall–Kier alpha value is -1.15. The van der Waals surface area contributed by atoms with E-state index in [2.05, 4.69) is 37.8 Å². The second-order valence-corrected chi connectivity index (χ2v) is 10.3. The number of hydrogen-bond acceptors (Lipinski definition) is 3. The van der Waals surface area contributed by atoms with E-state index in [1.807, 2.05) is 17.5 Å².